The van der Waals surface area contributed by atoms with Gasteiger partial charge in [-0.25, -0.2) is 0 Å². The van der Waals surface area contributed by atoms with Crippen molar-refractivity contribution in [1.82, 2.24) is 5.32 Å². The first-order chi connectivity index (χ1) is 9.84. The lowest BCUT2D eigenvalue weighted by Gasteiger charge is -2.30. The summed E-state index contributed by atoms with van der Waals surface area (Å²) in [6.45, 7) is 2.28. The van der Waals surface area contributed by atoms with Crippen LogP contribution in [-0.2, 0) is 0 Å². The van der Waals surface area contributed by atoms with E-state index in [2.05, 4.69) is 66.9 Å². The molecule has 0 aromatic rings. The Bertz CT molecular complexity index is 540. The second-order valence-electron chi connectivity index (χ2n) is 5.78. The Morgan fingerprint density at radius 1 is 1.00 bits per heavy atom. The molecule has 0 saturated heterocycles. The van der Waals surface area contributed by atoms with Crippen molar-refractivity contribution in [1.29, 1.82) is 0 Å². The summed E-state index contributed by atoms with van der Waals surface area (Å²) in [5.74, 6) is 0.452. The number of hydrogen-bond acceptors (Lipinski definition) is 1. The number of hydrogen-bond donors (Lipinski definition) is 1. The monoisotopic (exact) mass is 265 g/mol. The van der Waals surface area contributed by atoms with Crippen LogP contribution in [0.25, 0.3) is 0 Å². The Morgan fingerprint density at radius 3 is 2.65 bits per heavy atom. The van der Waals surface area contributed by atoms with Gasteiger partial charge < -0.3 is 5.32 Å². The van der Waals surface area contributed by atoms with E-state index in [4.69, 9.17) is 0 Å². The molecule has 3 rings (SSSR count). The van der Waals surface area contributed by atoms with Gasteiger partial charge in [0.25, 0.3) is 0 Å². The molecular weight excluding hydrogens is 242 g/mol. The number of allylic oxidation sites excluding steroid dienone is 8. The number of nitrogens with one attached hydrogen (secondary N) is 1. The molecule has 2 unspecified atom stereocenters. The predicted molar refractivity (Wildman–Crippen MR) is 86.2 cm³/mol. The molecule has 104 valence electrons. The first kappa shape index (κ1) is 13.2. The SMILES string of the molecule is CC1=C(C2C=CC=CC2NC2=CCCC=C2)C=CCC1. The summed E-state index contributed by atoms with van der Waals surface area (Å²) in [5.41, 5.74) is 4.30. The second kappa shape index (κ2) is 6.13. The van der Waals surface area contributed by atoms with E-state index in [-0.39, 0.29) is 0 Å². The van der Waals surface area contributed by atoms with Crippen LogP contribution in [0, 0.1) is 5.92 Å². The van der Waals surface area contributed by atoms with E-state index in [9.17, 15) is 0 Å². The maximum atomic E-state index is 3.69. The summed E-state index contributed by atoms with van der Waals surface area (Å²) >= 11 is 0. The van der Waals surface area contributed by atoms with Gasteiger partial charge in [-0.1, -0.05) is 54.2 Å². The minimum atomic E-state index is 0.363. The molecule has 0 aromatic carbocycles. The zero-order valence-corrected chi connectivity index (χ0v) is 12.2. The Hall–Kier alpha value is -1.76. The molecule has 0 bridgehead atoms. The van der Waals surface area contributed by atoms with E-state index in [1.165, 1.54) is 36.1 Å². The lowest BCUT2D eigenvalue weighted by Crippen LogP contribution is -2.35. The summed E-state index contributed by atoms with van der Waals surface area (Å²) in [4.78, 5) is 0. The smallest absolute Gasteiger partial charge is 0.0550 e. The van der Waals surface area contributed by atoms with Gasteiger partial charge in [0.2, 0.25) is 0 Å². The van der Waals surface area contributed by atoms with Crippen molar-refractivity contribution in [3.63, 3.8) is 0 Å². The van der Waals surface area contributed by atoms with E-state index in [0.717, 1.165) is 6.42 Å². The molecule has 0 spiro atoms. The van der Waals surface area contributed by atoms with Crippen LogP contribution in [0.5, 0.6) is 0 Å². The molecule has 1 N–H and O–H groups in total. The Morgan fingerprint density at radius 2 is 1.85 bits per heavy atom. The van der Waals surface area contributed by atoms with Gasteiger partial charge in [-0.15, -0.1) is 0 Å². The summed E-state index contributed by atoms with van der Waals surface area (Å²) in [6, 6.07) is 0.363. The topological polar surface area (TPSA) is 12.0 Å². The third-order valence-corrected chi connectivity index (χ3v) is 4.30. The minimum absolute atomic E-state index is 0.363. The van der Waals surface area contributed by atoms with Crippen LogP contribution in [0.15, 0.2) is 71.5 Å². The van der Waals surface area contributed by atoms with Crippen LogP contribution in [0.2, 0.25) is 0 Å². The highest BCUT2D eigenvalue weighted by molar-refractivity contribution is 5.39. The molecule has 0 aliphatic heterocycles. The van der Waals surface area contributed by atoms with Crippen molar-refractivity contribution in [2.45, 2.75) is 38.6 Å². The van der Waals surface area contributed by atoms with Gasteiger partial charge in [0.1, 0.15) is 0 Å². The normalized spacial score (nSPS) is 28.8. The molecule has 3 aliphatic rings. The first-order valence-corrected chi connectivity index (χ1v) is 7.69. The average Bonchev–Trinajstić information content (AvgIpc) is 2.50. The van der Waals surface area contributed by atoms with E-state index in [1.807, 2.05) is 0 Å². The Labute approximate surface area is 122 Å². The Kier molecular flexibility index (Phi) is 4.05. The molecule has 0 fully saturated rings. The lowest BCUT2D eigenvalue weighted by atomic mass is 9.82. The van der Waals surface area contributed by atoms with E-state index in [1.54, 1.807) is 0 Å². The maximum Gasteiger partial charge on any atom is 0.0550 e. The van der Waals surface area contributed by atoms with Crippen LogP contribution >= 0.6 is 0 Å². The highest BCUT2D eigenvalue weighted by Gasteiger charge is 2.23. The van der Waals surface area contributed by atoms with Gasteiger partial charge in [-0.2, -0.15) is 0 Å². The average molecular weight is 265 g/mol. The lowest BCUT2D eigenvalue weighted by molar-refractivity contribution is 0.564. The minimum Gasteiger partial charge on any atom is -0.378 e. The third kappa shape index (κ3) is 2.87. The van der Waals surface area contributed by atoms with Crippen molar-refractivity contribution < 1.29 is 0 Å². The van der Waals surface area contributed by atoms with Crippen molar-refractivity contribution in [2.24, 2.45) is 5.92 Å². The molecule has 1 heteroatoms. The van der Waals surface area contributed by atoms with Crippen molar-refractivity contribution in [3.05, 3.63) is 71.5 Å². The molecule has 0 heterocycles. The molecule has 20 heavy (non-hydrogen) atoms. The summed E-state index contributed by atoms with van der Waals surface area (Å²) in [7, 11) is 0. The van der Waals surface area contributed by atoms with Crippen LogP contribution in [-0.4, -0.2) is 6.04 Å². The maximum absolute atomic E-state index is 3.69. The highest BCUT2D eigenvalue weighted by atomic mass is 14.9. The third-order valence-electron chi connectivity index (χ3n) is 4.30. The molecule has 0 aromatic heterocycles. The second-order valence-corrected chi connectivity index (χ2v) is 5.78. The fourth-order valence-corrected chi connectivity index (χ4v) is 3.15. The molecule has 3 aliphatic carbocycles. The van der Waals surface area contributed by atoms with Crippen LogP contribution < -0.4 is 5.32 Å². The first-order valence-electron chi connectivity index (χ1n) is 7.69. The summed E-state index contributed by atoms with van der Waals surface area (Å²) in [6.07, 6.45) is 25.1. The van der Waals surface area contributed by atoms with E-state index in [0.29, 0.717) is 12.0 Å². The van der Waals surface area contributed by atoms with Gasteiger partial charge in [0.15, 0.2) is 0 Å². The van der Waals surface area contributed by atoms with Crippen LogP contribution in [0.3, 0.4) is 0 Å². The number of rotatable bonds is 3. The molecular formula is C19H23N. The van der Waals surface area contributed by atoms with Crippen molar-refractivity contribution >= 4 is 0 Å². The molecule has 0 saturated carbocycles. The molecule has 1 nitrogen and oxygen atoms in total. The quantitative estimate of drug-likeness (QED) is 0.787. The summed E-state index contributed by atoms with van der Waals surface area (Å²) < 4.78 is 0. The van der Waals surface area contributed by atoms with E-state index >= 15 is 0 Å². The molecule has 0 amide bonds. The predicted octanol–water partition coefficient (Wildman–Crippen LogP) is 4.59. The highest BCUT2D eigenvalue weighted by Crippen LogP contribution is 2.30. The molecule has 0 radical (unpaired) electrons. The van der Waals surface area contributed by atoms with Crippen molar-refractivity contribution in [3.8, 4) is 0 Å². The van der Waals surface area contributed by atoms with Crippen LogP contribution in [0.4, 0.5) is 0 Å². The Balaban J connectivity index is 1.80. The van der Waals surface area contributed by atoms with Crippen molar-refractivity contribution in [2.75, 3.05) is 0 Å². The van der Waals surface area contributed by atoms with Gasteiger partial charge in [-0.3, -0.25) is 0 Å². The largest absolute Gasteiger partial charge is 0.378 e. The van der Waals surface area contributed by atoms with Gasteiger partial charge >= 0.3 is 0 Å². The van der Waals surface area contributed by atoms with Crippen LogP contribution in [0.1, 0.15) is 32.6 Å². The zero-order chi connectivity index (χ0) is 13.8. The molecule has 2 atom stereocenters. The summed E-state index contributed by atoms with van der Waals surface area (Å²) in [5, 5.41) is 3.69. The zero-order valence-electron chi connectivity index (χ0n) is 12.2. The van der Waals surface area contributed by atoms with Gasteiger partial charge in [-0.05, 0) is 44.3 Å². The van der Waals surface area contributed by atoms with Gasteiger partial charge in [0.05, 0.1) is 6.04 Å². The van der Waals surface area contributed by atoms with Gasteiger partial charge in [0, 0.05) is 11.6 Å². The fourth-order valence-electron chi connectivity index (χ4n) is 3.15. The standard InChI is InChI=1S/C19H23N/c1-15-9-5-6-12-17(15)18-13-7-8-14-19(18)20-16-10-3-2-4-11-16/h3,6-8,10-14,18-20H,2,4-5,9H2,1H3. The van der Waals surface area contributed by atoms with E-state index < -0.39 is 0 Å². The fraction of sp³-hybridized carbons (Fsp3) is 0.368.